The van der Waals surface area contributed by atoms with Gasteiger partial charge in [0.05, 0.1) is 18.5 Å². The smallest absolute Gasteiger partial charge is 0.240 e. The van der Waals surface area contributed by atoms with Crippen molar-refractivity contribution in [3.63, 3.8) is 0 Å². The summed E-state index contributed by atoms with van der Waals surface area (Å²) in [6.45, 7) is 4.50. The van der Waals surface area contributed by atoms with E-state index in [4.69, 9.17) is 5.26 Å². The van der Waals surface area contributed by atoms with Crippen LogP contribution in [-0.2, 0) is 4.79 Å². The molecular weight excluding hydrogens is 210 g/mol. The predicted octanol–water partition coefficient (Wildman–Crippen LogP) is 0.800. The number of carbonyl (C=O) groups excluding carboxylic acids is 1. The lowest BCUT2D eigenvalue weighted by molar-refractivity contribution is -0.134. The first-order valence-corrected chi connectivity index (χ1v) is 6.31. The lowest BCUT2D eigenvalue weighted by Crippen LogP contribution is -2.48. The number of carbonyl (C=O) groups is 1. The molecular formula is C10H17N3OS. The normalized spacial score (nSPS) is 20.3. The van der Waals surface area contributed by atoms with E-state index < -0.39 is 0 Å². The molecule has 1 fully saturated rings. The van der Waals surface area contributed by atoms with Crippen LogP contribution in [0.4, 0.5) is 0 Å². The minimum absolute atomic E-state index is 0.0592. The number of hydrogen-bond acceptors (Lipinski definition) is 4. The molecule has 1 aliphatic heterocycles. The highest BCUT2D eigenvalue weighted by Gasteiger charge is 2.28. The first-order valence-electron chi connectivity index (χ1n) is 5.15. The van der Waals surface area contributed by atoms with Gasteiger partial charge in [0.1, 0.15) is 0 Å². The molecule has 0 aromatic heterocycles. The second kappa shape index (κ2) is 5.99. The molecule has 1 N–H and O–H groups in total. The van der Waals surface area contributed by atoms with Crippen LogP contribution in [0, 0.1) is 11.3 Å². The maximum Gasteiger partial charge on any atom is 0.240 e. The van der Waals surface area contributed by atoms with Gasteiger partial charge >= 0.3 is 0 Å². The van der Waals surface area contributed by atoms with Crippen molar-refractivity contribution in [2.45, 2.75) is 32.4 Å². The van der Waals surface area contributed by atoms with E-state index in [0.717, 1.165) is 11.6 Å². The zero-order valence-corrected chi connectivity index (χ0v) is 10.0. The third-order valence-electron chi connectivity index (χ3n) is 2.39. The Balaban J connectivity index is 2.54. The number of amides is 1. The minimum Gasteiger partial charge on any atom is -0.338 e. The van der Waals surface area contributed by atoms with Gasteiger partial charge in [-0.25, -0.2) is 0 Å². The lowest BCUT2D eigenvalue weighted by atomic mass is 10.2. The molecule has 1 heterocycles. The van der Waals surface area contributed by atoms with E-state index in [1.165, 1.54) is 0 Å². The van der Waals surface area contributed by atoms with Crippen molar-refractivity contribution in [2.75, 3.05) is 18.2 Å². The number of rotatable bonds is 4. The number of nitrogens with zero attached hydrogens (tertiary/aromatic N) is 2. The van der Waals surface area contributed by atoms with Crippen LogP contribution >= 0.6 is 11.8 Å². The van der Waals surface area contributed by atoms with Crippen molar-refractivity contribution in [3.8, 4) is 6.07 Å². The van der Waals surface area contributed by atoms with Crippen molar-refractivity contribution < 1.29 is 4.79 Å². The van der Waals surface area contributed by atoms with Crippen molar-refractivity contribution in [2.24, 2.45) is 0 Å². The molecule has 1 unspecified atom stereocenters. The molecule has 0 spiro atoms. The summed E-state index contributed by atoms with van der Waals surface area (Å²) >= 11 is 1.74. The van der Waals surface area contributed by atoms with Crippen LogP contribution in [0.1, 0.15) is 20.3 Å². The van der Waals surface area contributed by atoms with Crippen LogP contribution < -0.4 is 5.32 Å². The Bertz CT molecular complexity index is 256. The molecule has 0 aromatic carbocycles. The predicted molar refractivity (Wildman–Crippen MR) is 61.3 cm³/mol. The minimum atomic E-state index is -0.0592. The molecule has 0 bridgehead atoms. The van der Waals surface area contributed by atoms with Gasteiger partial charge < -0.3 is 4.90 Å². The summed E-state index contributed by atoms with van der Waals surface area (Å²) in [7, 11) is 0. The molecule has 1 amide bonds. The highest BCUT2D eigenvalue weighted by atomic mass is 32.2. The first-order chi connectivity index (χ1) is 7.16. The van der Waals surface area contributed by atoms with Crippen LogP contribution in [0.3, 0.4) is 0 Å². The van der Waals surface area contributed by atoms with Gasteiger partial charge in [-0.3, -0.25) is 10.1 Å². The highest BCUT2D eigenvalue weighted by molar-refractivity contribution is 7.99. The topological polar surface area (TPSA) is 56.1 Å². The molecule has 0 radical (unpaired) electrons. The largest absolute Gasteiger partial charge is 0.338 e. The number of hydrogen-bond donors (Lipinski definition) is 1. The summed E-state index contributed by atoms with van der Waals surface area (Å²) in [5.41, 5.74) is 0. The fraction of sp³-hybridized carbons (Fsp3) is 0.800. The van der Waals surface area contributed by atoms with Gasteiger partial charge in [-0.2, -0.15) is 5.26 Å². The summed E-state index contributed by atoms with van der Waals surface area (Å²) in [4.78, 5) is 13.8. The van der Waals surface area contributed by atoms with Crippen molar-refractivity contribution in [1.82, 2.24) is 10.2 Å². The van der Waals surface area contributed by atoms with Crippen molar-refractivity contribution in [3.05, 3.63) is 0 Å². The summed E-state index contributed by atoms with van der Waals surface area (Å²) in [5.74, 6) is 1.82. The van der Waals surface area contributed by atoms with E-state index in [-0.39, 0.29) is 18.0 Å². The molecule has 5 heteroatoms. The molecule has 0 aliphatic carbocycles. The van der Waals surface area contributed by atoms with Gasteiger partial charge in [0, 0.05) is 24.2 Å². The zero-order valence-electron chi connectivity index (χ0n) is 9.19. The van der Waals surface area contributed by atoms with E-state index in [1.54, 1.807) is 16.7 Å². The Labute approximate surface area is 95.0 Å². The highest BCUT2D eigenvalue weighted by Crippen LogP contribution is 2.13. The lowest BCUT2D eigenvalue weighted by Gasteiger charge is -2.28. The second-order valence-corrected chi connectivity index (χ2v) is 4.84. The Morgan fingerprint density at radius 1 is 1.73 bits per heavy atom. The Morgan fingerprint density at radius 2 is 2.47 bits per heavy atom. The van der Waals surface area contributed by atoms with E-state index in [9.17, 15) is 4.79 Å². The van der Waals surface area contributed by atoms with E-state index >= 15 is 0 Å². The fourth-order valence-corrected chi connectivity index (χ4v) is 2.48. The summed E-state index contributed by atoms with van der Waals surface area (Å²) < 4.78 is 0. The Kier molecular flexibility index (Phi) is 4.92. The van der Waals surface area contributed by atoms with E-state index in [2.05, 4.69) is 11.4 Å². The van der Waals surface area contributed by atoms with Crippen LogP contribution in [0.2, 0.25) is 0 Å². The number of nitrogens with one attached hydrogen (secondary N) is 1. The van der Waals surface area contributed by atoms with E-state index in [1.807, 2.05) is 13.8 Å². The van der Waals surface area contributed by atoms with Crippen molar-refractivity contribution >= 4 is 17.7 Å². The zero-order chi connectivity index (χ0) is 11.3. The van der Waals surface area contributed by atoms with Crippen LogP contribution in [0.5, 0.6) is 0 Å². The quantitative estimate of drug-likeness (QED) is 0.772. The molecule has 84 valence electrons. The van der Waals surface area contributed by atoms with E-state index in [0.29, 0.717) is 13.0 Å². The van der Waals surface area contributed by atoms with Crippen molar-refractivity contribution in [1.29, 1.82) is 5.26 Å². The average Bonchev–Trinajstić information content (AvgIpc) is 2.70. The molecule has 1 saturated heterocycles. The second-order valence-electron chi connectivity index (χ2n) is 3.81. The van der Waals surface area contributed by atoms with Gasteiger partial charge in [-0.1, -0.05) is 0 Å². The average molecular weight is 227 g/mol. The van der Waals surface area contributed by atoms with Gasteiger partial charge in [-0.15, -0.1) is 11.8 Å². The van der Waals surface area contributed by atoms with Gasteiger partial charge in [0.25, 0.3) is 0 Å². The third kappa shape index (κ3) is 3.40. The molecule has 1 atom stereocenters. The molecule has 15 heavy (non-hydrogen) atoms. The number of thioether (sulfide) groups is 1. The van der Waals surface area contributed by atoms with Crippen LogP contribution in [0.25, 0.3) is 0 Å². The monoisotopic (exact) mass is 227 g/mol. The maximum atomic E-state index is 12.0. The molecule has 1 aliphatic rings. The standard InChI is InChI=1S/C10H17N3OS/c1-8(2)13(5-3-4-11)10(14)9-6-15-7-12-9/h8-9,12H,3,5-7H2,1-2H3. The summed E-state index contributed by atoms with van der Waals surface area (Å²) in [5, 5.41) is 11.7. The van der Waals surface area contributed by atoms with Crippen LogP contribution in [-0.4, -0.2) is 41.1 Å². The molecule has 4 nitrogen and oxygen atoms in total. The van der Waals surface area contributed by atoms with Gasteiger partial charge in [-0.05, 0) is 13.8 Å². The van der Waals surface area contributed by atoms with Gasteiger partial charge in [0.2, 0.25) is 5.91 Å². The third-order valence-corrected chi connectivity index (χ3v) is 3.33. The molecule has 0 saturated carbocycles. The fourth-order valence-electron chi connectivity index (χ4n) is 1.55. The molecule has 1 rings (SSSR count). The first kappa shape index (κ1) is 12.3. The summed E-state index contributed by atoms with van der Waals surface area (Å²) in [6.07, 6.45) is 0.407. The maximum absolute atomic E-state index is 12.0. The summed E-state index contributed by atoms with van der Waals surface area (Å²) in [6, 6.07) is 2.18. The Morgan fingerprint density at radius 3 is 2.93 bits per heavy atom. The van der Waals surface area contributed by atoms with Gasteiger partial charge in [0.15, 0.2) is 0 Å². The molecule has 0 aromatic rings. The Hall–Kier alpha value is -0.730. The SMILES string of the molecule is CC(C)N(CCC#N)C(=O)C1CSCN1. The number of nitriles is 1. The van der Waals surface area contributed by atoms with Crippen LogP contribution in [0.15, 0.2) is 0 Å².